The number of esters is 1. The summed E-state index contributed by atoms with van der Waals surface area (Å²) in [5, 5.41) is 9.37. The second-order valence-corrected chi connectivity index (χ2v) is 7.40. The summed E-state index contributed by atoms with van der Waals surface area (Å²) < 4.78 is 4.88. The monoisotopic (exact) mass is 415 g/mol. The van der Waals surface area contributed by atoms with Crippen LogP contribution in [0.2, 0.25) is 0 Å². The quantitative estimate of drug-likeness (QED) is 0.572. The first-order valence-electron chi connectivity index (χ1n) is 8.41. The first kappa shape index (κ1) is 19.7. The molecule has 3 rings (SSSR count). The molecule has 2 heterocycles. The molecule has 0 aliphatic heterocycles. The molecule has 2 aromatic heterocycles. The molecule has 2 amide bonds. The van der Waals surface area contributed by atoms with Crippen LogP contribution in [0.5, 0.6) is 0 Å². The molecule has 28 heavy (non-hydrogen) atoms. The Morgan fingerprint density at radius 1 is 1.07 bits per heavy atom. The van der Waals surface area contributed by atoms with E-state index in [-0.39, 0.29) is 24.2 Å². The largest absolute Gasteiger partial charge is 0.466 e. The van der Waals surface area contributed by atoms with Gasteiger partial charge in [-0.1, -0.05) is 12.1 Å². The number of hydrogen-bond acceptors (Lipinski definition) is 7. The van der Waals surface area contributed by atoms with Gasteiger partial charge in [-0.25, -0.2) is 4.98 Å². The van der Waals surface area contributed by atoms with Crippen molar-refractivity contribution in [3.05, 3.63) is 63.3 Å². The number of anilines is 2. The Morgan fingerprint density at radius 3 is 2.68 bits per heavy atom. The number of nitrogens with one attached hydrogen (secondary N) is 2. The number of thiophene rings is 1. The Morgan fingerprint density at radius 2 is 1.93 bits per heavy atom. The summed E-state index contributed by atoms with van der Waals surface area (Å²) in [4.78, 5) is 40.9. The Hall–Kier alpha value is -3.04. The molecule has 0 fully saturated rings. The van der Waals surface area contributed by atoms with Crippen molar-refractivity contribution in [3.63, 3.8) is 0 Å². The van der Waals surface area contributed by atoms with Crippen molar-refractivity contribution >= 4 is 51.3 Å². The third kappa shape index (κ3) is 5.24. The molecule has 3 aromatic rings. The van der Waals surface area contributed by atoms with Crippen LogP contribution < -0.4 is 10.6 Å². The van der Waals surface area contributed by atoms with Gasteiger partial charge < -0.3 is 10.1 Å². The van der Waals surface area contributed by atoms with Crippen LogP contribution in [0.1, 0.15) is 32.6 Å². The lowest BCUT2D eigenvalue weighted by molar-refractivity contribution is -0.142. The normalized spacial score (nSPS) is 10.3. The molecule has 0 saturated carbocycles. The van der Waals surface area contributed by atoms with Crippen LogP contribution in [-0.4, -0.2) is 29.4 Å². The lowest BCUT2D eigenvalue weighted by atomic mass is 10.2. The zero-order valence-electron chi connectivity index (χ0n) is 14.9. The van der Waals surface area contributed by atoms with E-state index < -0.39 is 0 Å². The van der Waals surface area contributed by atoms with Gasteiger partial charge in [-0.05, 0) is 36.6 Å². The maximum atomic E-state index is 12.5. The highest BCUT2D eigenvalue weighted by Crippen LogP contribution is 2.19. The zero-order chi connectivity index (χ0) is 19.9. The lowest BCUT2D eigenvalue weighted by Crippen LogP contribution is -2.14. The minimum atomic E-state index is -0.361. The second kappa shape index (κ2) is 9.25. The summed E-state index contributed by atoms with van der Waals surface area (Å²) in [7, 11) is 0. The molecule has 144 valence electrons. The number of carbonyl (C=O) groups excluding carboxylic acids is 3. The summed E-state index contributed by atoms with van der Waals surface area (Å²) in [6.45, 7) is 2.05. The molecule has 0 unspecified atom stereocenters. The standard InChI is InChI=1S/C19H17N3O4S2/c1-2-26-16(23)10-14-11-28-19(21-14)22-17(24)12-5-3-6-13(9-12)20-18(25)15-7-4-8-27-15/h3-9,11H,2,10H2,1H3,(H,20,25)(H,21,22,24). The number of nitrogens with zero attached hydrogens (tertiary/aromatic N) is 1. The number of rotatable bonds is 7. The molecule has 0 bridgehead atoms. The summed E-state index contributed by atoms with van der Waals surface area (Å²) in [5.41, 5.74) is 1.44. The van der Waals surface area contributed by atoms with Crippen LogP contribution in [0.25, 0.3) is 0 Å². The third-order valence-corrected chi connectivity index (χ3v) is 5.21. The summed E-state index contributed by atoms with van der Waals surface area (Å²) in [5.74, 6) is -0.944. The van der Waals surface area contributed by atoms with E-state index >= 15 is 0 Å². The number of amides is 2. The average molecular weight is 415 g/mol. The van der Waals surface area contributed by atoms with E-state index in [0.29, 0.717) is 33.6 Å². The molecule has 0 aliphatic carbocycles. The number of ether oxygens (including phenoxy) is 1. The first-order valence-corrected chi connectivity index (χ1v) is 10.2. The fraction of sp³-hybridized carbons (Fsp3) is 0.158. The van der Waals surface area contributed by atoms with Crippen molar-refractivity contribution in [2.24, 2.45) is 0 Å². The predicted molar refractivity (Wildman–Crippen MR) is 109 cm³/mol. The molecule has 7 nitrogen and oxygen atoms in total. The molecular formula is C19H17N3O4S2. The van der Waals surface area contributed by atoms with Gasteiger partial charge in [0.05, 0.1) is 23.6 Å². The van der Waals surface area contributed by atoms with Gasteiger partial charge in [0.15, 0.2) is 5.13 Å². The van der Waals surface area contributed by atoms with Gasteiger partial charge in [0.1, 0.15) is 0 Å². The fourth-order valence-corrected chi connectivity index (χ4v) is 3.64. The number of hydrogen-bond donors (Lipinski definition) is 2. The van der Waals surface area contributed by atoms with E-state index in [4.69, 9.17) is 4.74 Å². The first-order chi connectivity index (χ1) is 13.5. The van der Waals surface area contributed by atoms with Gasteiger partial charge in [-0.15, -0.1) is 22.7 Å². The maximum absolute atomic E-state index is 12.5. The molecule has 2 N–H and O–H groups in total. The van der Waals surface area contributed by atoms with E-state index in [9.17, 15) is 14.4 Å². The highest BCUT2D eigenvalue weighted by molar-refractivity contribution is 7.14. The van der Waals surface area contributed by atoms with Crippen molar-refractivity contribution < 1.29 is 19.1 Å². The predicted octanol–water partition coefficient (Wildman–Crippen LogP) is 3.81. The van der Waals surface area contributed by atoms with Gasteiger partial charge in [0.2, 0.25) is 0 Å². The van der Waals surface area contributed by atoms with Gasteiger partial charge in [-0.2, -0.15) is 0 Å². The summed E-state index contributed by atoms with van der Waals surface area (Å²) >= 11 is 2.57. The highest BCUT2D eigenvalue weighted by atomic mass is 32.1. The van der Waals surface area contributed by atoms with Crippen molar-refractivity contribution in [2.45, 2.75) is 13.3 Å². The van der Waals surface area contributed by atoms with Gasteiger partial charge in [0, 0.05) is 16.6 Å². The number of carbonyl (C=O) groups is 3. The Kier molecular flexibility index (Phi) is 6.51. The van der Waals surface area contributed by atoms with Crippen LogP contribution >= 0.6 is 22.7 Å². The van der Waals surface area contributed by atoms with Crippen LogP contribution in [0.15, 0.2) is 47.2 Å². The van der Waals surface area contributed by atoms with Crippen molar-refractivity contribution in [3.8, 4) is 0 Å². The highest BCUT2D eigenvalue weighted by Gasteiger charge is 2.13. The van der Waals surface area contributed by atoms with Crippen LogP contribution in [0.3, 0.4) is 0 Å². The summed E-state index contributed by atoms with van der Waals surface area (Å²) in [6, 6.07) is 10.2. The molecule has 1 aromatic carbocycles. The van der Waals surface area contributed by atoms with E-state index in [1.54, 1.807) is 48.7 Å². The average Bonchev–Trinajstić information content (AvgIpc) is 3.34. The Bertz CT molecular complexity index is 983. The molecular weight excluding hydrogens is 398 g/mol. The molecule has 0 aliphatic rings. The maximum Gasteiger partial charge on any atom is 0.311 e. The van der Waals surface area contributed by atoms with E-state index in [2.05, 4.69) is 15.6 Å². The number of aromatic nitrogens is 1. The van der Waals surface area contributed by atoms with Gasteiger partial charge >= 0.3 is 5.97 Å². The minimum absolute atomic E-state index is 0.0600. The Labute approximate surface area is 169 Å². The SMILES string of the molecule is CCOC(=O)Cc1csc(NC(=O)c2cccc(NC(=O)c3cccs3)c2)n1. The van der Waals surface area contributed by atoms with Crippen LogP contribution in [-0.2, 0) is 16.0 Å². The van der Waals surface area contributed by atoms with Crippen LogP contribution in [0, 0.1) is 0 Å². The molecule has 0 radical (unpaired) electrons. The topological polar surface area (TPSA) is 97.4 Å². The third-order valence-electron chi connectivity index (χ3n) is 3.53. The Balaban J connectivity index is 1.62. The van der Waals surface area contributed by atoms with Gasteiger partial charge in [-0.3, -0.25) is 19.7 Å². The fourth-order valence-electron chi connectivity index (χ4n) is 2.31. The minimum Gasteiger partial charge on any atom is -0.466 e. The summed E-state index contributed by atoms with van der Waals surface area (Å²) in [6.07, 6.45) is 0.0600. The van der Waals surface area contributed by atoms with E-state index in [0.717, 1.165) is 0 Å². The van der Waals surface area contributed by atoms with Crippen molar-refractivity contribution in [1.29, 1.82) is 0 Å². The number of benzene rings is 1. The molecule has 0 spiro atoms. The lowest BCUT2D eigenvalue weighted by Gasteiger charge is -2.06. The smallest absolute Gasteiger partial charge is 0.311 e. The van der Waals surface area contributed by atoms with Crippen molar-refractivity contribution in [2.75, 3.05) is 17.2 Å². The molecule has 0 atom stereocenters. The van der Waals surface area contributed by atoms with E-state index in [1.807, 2.05) is 5.38 Å². The van der Waals surface area contributed by atoms with E-state index in [1.165, 1.54) is 22.7 Å². The zero-order valence-corrected chi connectivity index (χ0v) is 16.6. The number of thiazole rings is 1. The van der Waals surface area contributed by atoms with Crippen molar-refractivity contribution in [1.82, 2.24) is 4.98 Å². The van der Waals surface area contributed by atoms with Crippen LogP contribution in [0.4, 0.5) is 10.8 Å². The molecule has 9 heteroatoms. The van der Waals surface area contributed by atoms with Gasteiger partial charge in [0.25, 0.3) is 11.8 Å². The molecule has 0 saturated heterocycles. The second-order valence-electron chi connectivity index (χ2n) is 5.59.